The van der Waals surface area contributed by atoms with Crippen LogP contribution in [0.4, 0.5) is 10.1 Å². The number of nitrogens with one attached hydrogen (secondary N) is 1. The summed E-state index contributed by atoms with van der Waals surface area (Å²) in [5.41, 5.74) is 1.73. The molecule has 4 rings (SSSR count). The largest absolute Gasteiger partial charge is 0.486 e. The lowest BCUT2D eigenvalue weighted by molar-refractivity contribution is 0.101. The van der Waals surface area contributed by atoms with Gasteiger partial charge in [-0.1, -0.05) is 0 Å². The number of hydrogen-bond acceptors (Lipinski definition) is 3. The van der Waals surface area contributed by atoms with Crippen molar-refractivity contribution < 1.29 is 18.7 Å². The highest BCUT2D eigenvalue weighted by molar-refractivity contribution is 6.06. The molecule has 1 aromatic heterocycles. The number of ether oxygens (including phenoxy) is 2. The minimum atomic E-state index is -0.331. The first-order valence-corrected chi connectivity index (χ1v) is 7.58. The van der Waals surface area contributed by atoms with Crippen LogP contribution in [-0.2, 0) is 7.05 Å². The number of carbonyl (C=O) groups is 1. The predicted octanol–water partition coefficient (Wildman–Crippen LogP) is 3.34. The van der Waals surface area contributed by atoms with E-state index in [1.807, 2.05) is 0 Å². The fraction of sp³-hybridized carbons (Fsp3) is 0.167. The maximum absolute atomic E-state index is 13.4. The van der Waals surface area contributed by atoms with E-state index in [1.54, 1.807) is 41.9 Å². The van der Waals surface area contributed by atoms with Crippen molar-refractivity contribution in [2.24, 2.45) is 7.05 Å². The lowest BCUT2D eigenvalue weighted by Gasteiger charge is -2.19. The maximum atomic E-state index is 13.4. The normalized spacial score (nSPS) is 13.1. The molecule has 1 aliphatic rings. The van der Waals surface area contributed by atoms with E-state index in [2.05, 4.69) is 5.32 Å². The van der Waals surface area contributed by atoms with Gasteiger partial charge in [0.2, 0.25) is 0 Å². The molecule has 0 atom stereocenters. The second kappa shape index (κ2) is 5.56. The van der Waals surface area contributed by atoms with Crippen LogP contribution < -0.4 is 14.8 Å². The van der Waals surface area contributed by atoms with Crippen LogP contribution >= 0.6 is 0 Å². The second-order valence-corrected chi connectivity index (χ2v) is 5.60. The van der Waals surface area contributed by atoms with Gasteiger partial charge in [-0.25, -0.2) is 4.39 Å². The molecule has 0 spiro atoms. The number of nitrogens with zero attached hydrogens (tertiary/aromatic N) is 1. The van der Waals surface area contributed by atoms with E-state index in [0.29, 0.717) is 41.6 Å². The summed E-state index contributed by atoms with van der Waals surface area (Å²) in [6.07, 6.45) is 0. The van der Waals surface area contributed by atoms with Gasteiger partial charge in [0.1, 0.15) is 24.7 Å². The van der Waals surface area contributed by atoms with Crippen molar-refractivity contribution in [2.45, 2.75) is 0 Å². The lowest BCUT2D eigenvalue weighted by Crippen LogP contribution is -2.17. The third-order valence-electron chi connectivity index (χ3n) is 4.04. The third kappa shape index (κ3) is 2.46. The molecule has 0 aliphatic carbocycles. The summed E-state index contributed by atoms with van der Waals surface area (Å²) in [5, 5.41) is 3.65. The molecule has 0 radical (unpaired) electrons. The predicted molar refractivity (Wildman–Crippen MR) is 88.3 cm³/mol. The summed E-state index contributed by atoms with van der Waals surface area (Å²) in [5.74, 6) is 0.672. The molecule has 0 bridgehead atoms. The molecule has 2 heterocycles. The molecule has 1 aliphatic heterocycles. The van der Waals surface area contributed by atoms with Crippen molar-refractivity contribution in [3.8, 4) is 11.5 Å². The van der Waals surface area contributed by atoms with Crippen LogP contribution in [0.1, 0.15) is 10.5 Å². The summed E-state index contributed by atoms with van der Waals surface area (Å²) in [4.78, 5) is 12.6. The quantitative estimate of drug-likeness (QED) is 0.786. The number of anilines is 1. The Morgan fingerprint density at radius 2 is 1.88 bits per heavy atom. The number of fused-ring (bicyclic) bond motifs is 2. The van der Waals surface area contributed by atoms with Gasteiger partial charge in [-0.3, -0.25) is 4.79 Å². The fourth-order valence-corrected chi connectivity index (χ4v) is 2.84. The number of amides is 1. The Hall–Kier alpha value is -3.02. The molecule has 6 heteroatoms. The first-order valence-electron chi connectivity index (χ1n) is 7.58. The summed E-state index contributed by atoms with van der Waals surface area (Å²) in [6.45, 7) is 1.00. The molecule has 1 N–H and O–H groups in total. The number of carbonyl (C=O) groups excluding carboxylic acids is 1. The van der Waals surface area contributed by atoms with Gasteiger partial charge in [-0.2, -0.15) is 0 Å². The van der Waals surface area contributed by atoms with Gasteiger partial charge >= 0.3 is 0 Å². The van der Waals surface area contributed by atoms with Crippen LogP contribution in [0, 0.1) is 5.82 Å². The van der Waals surface area contributed by atoms with Crippen LogP contribution in [0.15, 0.2) is 42.5 Å². The first-order chi connectivity index (χ1) is 11.6. The number of benzene rings is 2. The zero-order valence-electron chi connectivity index (χ0n) is 13.0. The number of rotatable bonds is 2. The number of hydrogen-bond donors (Lipinski definition) is 1. The molecule has 24 heavy (non-hydrogen) atoms. The van der Waals surface area contributed by atoms with Crippen LogP contribution in [-0.4, -0.2) is 23.7 Å². The number of aryl methyl sites for hydroxylation is 1. The van der Waals surface area contributed by atoms with Crippen molar-refractivity contribution >= 4 is 22.5 Å². The molecule has 122 valence electrons. The Labute approximate surface area is 137 Å². The summed E-state index contributed by atoms with van der Waals surface area (Å²) < 4.78 is 26.0. The topological polar surface area (TPSA) is 52.5 Å². The van der Waals surface area contributed by atoms with E-state index in [0.717, 1.165) is 5.39 Å². The summed E-state index contributed by atoms with van der Waals surface area (Å²) in [7, 11) is 1.74. The van der Waals surface area contributed by atoms with E-state index in [-0.39, 0.29) is 11.7 Å². The number of halogens is 1. The minimum absolute atomic E-state index is 0.272. The Balaban J connectivity index is 1.63. The van der Waals surface area contributed by atoms with Gasteiger partial charge in [0.05, 0.1) is 5.52 Å². The van der Waals surface area contributed by atoms with Gasteiger partial charge in [-0.15, -0.1) is 0 Å². The van der Waals surface area contributed by atoms with E-state index >= 15 is 0 Å². The molecule has 2 aromatic carbocycles. The van der Waals surface area contributed by atoms with Crippen LogP contribution in [0.5, 0.6) is 11.5 Å². The van der Waals surface area contributed by atoms with Gasteiger partial charge in [0, 0.05) is 24.2 Å². The molecular formula is C18H15FN2O3. The maximum Gasteiger partial charge on any atom is 0.272 e. The van der Waals surface area contributed by atoms with Crippen molar-refractivity contribution in [3.05, 3.63) is 54.0 Å². The molecule has 0 unspecified atom stereocenters. The van der Waals surface area contributed by atoms with E-state index in [1.165, 1.54) is 12.1 Å². The highest BCUT2D eigenvalue weighted by Gasteiger charge is 2.16. The molecule has 1 amide bonds. The van der Waals surface area contributed by atoms with Crippen molar-refractivity contribution in [3.63, 3.8) is 0 Å². The summed E-state index contributed by atoms with van der Waals surface area (Å²) >= 11 is 0. The highest BCUT2D eigenvalue weighted by Crippen LogP contribution is 2.32. The van der Waals surface area contributed by atoms with E-state index in [9.17, 15) is 9.18 Å². The van der Waals surface area contributed by atoms with Crippen molar-refractivity contribution in [2.75, 3.05) is 18.5 Å². The fourth-order valence-electron chi connectivity index (χ4n) is 2.84. The lowest BCUT2D eigenvalue weighted by atomic mass is 10.2. The standard InChI is InChI=1S/C18H15FN2O3/c1-21-14-9-12(19)3-2-11(14)8-15(21)18(22)20-13-4-5-16-17(10-13)24-7-6-23-16/h2-5,8-10H,6-7H2,1H3,(H,20,22). The van der Waals surface area contributed by atoms with Crippen LogP contribution in [0.3, 0.4) is 0 Å². The smallest absolute Gasteiger partial charge is 0.272 e. The first kappa shape index (κ1) is 14.6. The Bertz CT molecular complexity index is 949. The van der Waals surface area contributed by atoms with Crippen LogP contribution in [0.2, 0.25) is 0 Å². The monoisotopic (exact) mass is 326 g/mol. The minimum Gasteiger partial charge on any atom is -0.486 e. The van der Waals surface area contributed by atoms with Gasteiger partial charge in [0.15, 0.2) is 11.5 Å². The zero-order chi connectivity index (χ0) is 16.7. The molecule has 5 nitrogen and oxygen atoms in total. The average Bonchev–Trinajstić information content (AvgIpc) is 2.91. The van der Waals surface area contributed by atoms with Crippen molar-refractivity contribution in [1.29, 1.82) is 0 Å². The van der Waals surface area contributed by atoms with E-state index in [4.69, 9.17) is 9.47 Å². The number of aromatic nitrogens is 1. The molecule has 3 aromatic rings. The molecular weight excluding hydrogens is 311 g/mol. The van der Waals surface area contributed by atoms with E-state index < -0.39 is 0 Å². The SMILES string of the molecule is Cn1c(C(=O)Nc2ccc3c(c2)OCCO3)cc2ccc(F)cc21. The van der Waals surface area contributed by atoms with Crippen molar-refractivity contribution in [1.82, 2.24) is 4.57 Å². The molecule has 0 saturated heterocycles. The van der Waals surface area contributed by atoms with Gasteiger partial charge < -0.3 is 19.4 Å². The average molecular weight is 326 g/mol. The third-order valence-corrected chi connectivity index (χ3v) is 4.04. The molecule has 0 fully saturated rings. The zero-order valence-corrected chi connectivity index (χ0v) is 13.0. The Morgan fingerprint density at radius 1 is 1.08 bits per heavy atom. The second-order valence-electron chi connectivity index (χ2n) is 5.60. The Morgan fingerprint density at radius 3 is 2.71 bits per heavy atom. The van der Waals surface area contributed by atoms with Gasteiger partial charge in [-0.05, 0) is 36.4 Å². The van der Waals surface area contributed by atoms with Crippen LogP contribution in [0.25, 0.3) is 10.9 Å². The van der Waals surface area contributed by atoms with Gasteiger partial charge in [0.25, 0.3) is 5.91 Å². The highest BCUT2D eigenvalue weighted by atomic mass is 19.1. The Kier molecular flexibility index (Phi) is 3.37. The summed E-state index contributed by atoms with van der Waals surface area (Å²) in [6, 6.07) is 11.4. The molecule has 0 saturated carbocycles.